The molecular formula is C45H31N7. The molecule has 7 nitrogen and oxygen atoms in total. The van der Waals surface area contributed by atoms with Crippen LogP contribution in [-0.2, 0) is 0 Å². The SMILES string of the molecule is Cc1ccc(-c2cccc(-c3cc(-c4cccc(-c5ccccn5)n4)c4nn(-c5c(-c6ccccc6)cccc5-c5ccccc5)nc4c3)n2)nc1. The zero-order valence-electron chi connectivity index (χ0n) is 28.3. The second-order valence-corrected chi connectivity index (χ2v) is 12.6. The van der Waals surface area contributed by atoms with Gasteiger partial charge in [0.25, 0.3) is 0 Å². The maximum Gasteiger partial charge on any atom is 0.123 e. The number of aryl methyl sites for hydroxylation is 1. The van der Waals surface area contributed by atoms with Crippen LogP contribution in [0.15, 0.2) is 170 Å². The van der Waals surface area contributed by atoms with Crippen molar-refractivity contribution < 1.29 is 0 Å². The van der Waals surface area contributed by atoms with Crippen molar-refractivity contribution in [2.24, 2.45) is 0 Å². The topological polar surface area (TPSA) is 82.3 Å². The van der Waals surface area contributed by atoms with Crippen LogP contribution in [0, 0.1) is 6.92 Å². The van der Waals surface area contributed by atoms with Crippen LogP contribution in [0.1, 0.15) is 5.56 Å². The van der Waals surface area contributed by atoms with E-state index in [0.717, 1.165) is 89.8 Å². The van der Waals surface area contributed by atoms with E-state index in [4.69, 9.17) is 20.2 Å². The first kappa shape index (κ1) is 30.9. The highest BCUT2D eigenvalue weighted by molar-refractivity contribution is 5.95. The van der Waals surface area contributed by atoms with E-state index in [2.05, 4.69) is 94.9 Å². The molecule has 9 aromatic rings. The van der Waals surface area contributed by atoms with Gasteiger partial charge in [-0.05, 0) is 78.2 Å². The van der Waals surface area contributed by atoms with Gasteiger partial charge in [-0.2, -0.15) is 0 Å². The molecule has 4 aromatic carbocycles. The molecule has 7 heteroatoms. The predicted octanol–water partition coefficient (Wildman–Crippen LogP) is 10.3. The van der Waals surface area contributed by atoms with Gasteiger partial charge in [0.1, 0.15) is 16.7 Å². The number of hydrogen-bond acceptors (Lipinski definition) is 6. The zero-order valence-corrected chi connectivity index (χ0v) is 28.3. The molecule has 0 aliphatic carbocycles. The van der Waals surface area contributed by atoms with Crippen molar-refractivity contribution in [3.05, 3.63) is 176 Å². The smallest absolute Gasteiger partial charge is 0.123 e. The normalized spacial score (nSPS) is 11.2. The lowest BCUT2D eigenvalue weighted by molar-refractivity contribution is 0.769. The molecule has 5 heterocycles. The summed E-state index contributed by atoms with van der Waals surface area (Å²) >= 11 is 0. The molecule has 0 aliphatic rings. The average molecular weight is 670 g/mol. The van der Waals surface area contributed by atoms with E-state index in [1.54, 1.807) is 11.0 Å². The zero-order chi connectivity index (χ0) is 34.9. The molecule has 0 fully saturated rings. The monoisotopic (exact) mass is 669 g/mol. The number of pyridine rings is 4. The van der Waals surface area contributed by atoms with Gasteiger partial charge in [-0.25, -0.2) is 9.97 Å². The van der Waals surface area contributed by atoms with Gasteiger partial charge in [-0.3, -0.25) is 9.97 Å². The molecule has 0 atom stereocenters. The molecule has 9 rings (SSSR count). The summed E-state index contributed by atoms with van der Waals surface area (Å²) in [7, 11) is 0. The third-order valence-electron chi connectivity index (χ3n) is 9.06. The molecule has 5 aromatic heterocycles. The number of rotatable bonds is 7. The number of aromatic nitrogens is 7. The fourth-order valence-electron chi connectivity index (χ4n) is 6.52. The van der Waals surface area contributed by atoms with Crippen molar-refractivity contribution in [2.75, 3.05) is 0 Å². The first-order chi connectivity index (χ1) is 25.7. The summed E-state index contributed by atoms with van der Waals surface area (Å²) in [5.74, 6) is 0. The van der Waals surface area contributed by atoms with E-state index < -0.39 is 0 Å². The van der Waals surface area contributed by atoms with E-state index in [0.29, 0.717) is 0 Å². The molecule has 0 spiro atoms. The lowest BCUT2D eigenvalue weighted by Gasteiger charge is -2.14. The van der Waals surface area contributed by atoms with Gasteiger partial charge < -0.3 is 0 Å². The Morgan fingerprint density at radius 3 is 1.67 bits per heavy atom. The highest BCUT2D eigenvalue weighted by Crippen LogP contribution is 2.38. The number of fused-ring (bicyclic) bond motifs is 1. The minimum absolute atomic E-state index is 0.722. The van der Waals surface area contributed by atoms with Gasteiger partial charge in [-0.15, -0.1) is 15.0 Å². The Morgan fingerprint density at radius 1 is 0.423 bits per heavy atom. The van der Waals surface area contributed by atoms with E-state index in [-0.39, 0.29) is 0 Å². The molecule has 52 heavy (non-hydrogen) atoms. The van der Waals surface area contributed by atoms with Gasteiger partial charge >= 0.3 is 0 Å². The number of benzene rings is 4. The average Bonchev–Trinajstić information content (AvgIpc) is 3.66. The van der Waals surface area contributed by atoms with E-state index >= 15 is 0 Å². The van der Waals surface area contributed by atoms with Crippen molar-refractivity contribution in [3.63, 3.8) is 0 Å². The highest BCUT2D eigenvalue weighted by atomic mass is 15.5. The first-order valence-electron chi connectivity index (χ1n) is 17.1. The molecule has 0 saturated heterocycles. The molecule has 0 bridgehead atoms. The number of para-hydroxylation sites is 1. The van der Waals surface area contributed by atoms with Crippen molar-refractivity contribution in [1.29, 1.82) is 0 Å². The fourth-order valence-corrected chi connectivity index (χ4v) is 6.52. The van der Waals surface area contributed by atoms with Crippen molar-refractivity contribution in [2.45, 2.75) is 6.92 Å². The Labute approximate surface area is 301 Å². The van der Waals surface area contributed by atoms with Crippen molar-refractivity contribution >= 4 is 11.0 Å². The molecule has 0 amide bonds. The van der Waals surface area contributed by atoms with Crippen LogP contribution in [0.25, 0.3) is 84.3 Å². The Hall–Kier alpha value is -7.12. The van der Waals surface area contributed by atoms with Crippen molar-refractivity contribution in [1.82, 2.24) is 34.9 Å². The first-order valence-corrected chi connectivity index (χ1v) is 17.1. The Kier molecular flexibility index (Phi) is 7.91. The number of nitrogens with zero attached hydrogens (tertiary/aromatic N) is 7. The highest BCUT2D eigenvalue weighted by Gasteiger charge is 2.20. The van der Waals surface area contributed by atoms with Crippen LogP contribution >= 0.6 is 0 Å². The lowest BCUT2D eigenvalue weighted by atomic mass is 9.96. The van der Waals surface area contributed by atoms with E-state index in [1.807, 2.05) is 85.9 Å². The standard InChI is InChI=1S/C45H31N7/c1-30-24-25-40(47-29-30)42-22-11-20-37(48-42)33-27-36(38-21-12-23-41(49-38)39-19-8-9-26-46-39)44-43(28-33)50-52(51-44)45-34(31-13-4-2-5-14-31)17-10-18-35(45)32-15-6-3-7-16-32/h2-29H,1H3. The van der Waals surface area contributed by atoms with Crippen LogP contribution in [-0.4, -0.2) is 34.9 Å². The third-order valence-corrected chi connectivity index (χ3v) is 9.06. The minimum Gasteiger partial charge on any atom is -0.255 e. The third kappa shape index (κ3) is 5.90. The van der Waals surface area contributed by atoms with Gasteiger partial charge in [-0.1, -0.05) is 103 Å². The Balaban J connectivity index is 1.28. The summed E-state index contributed by atoms with van der Waals surface area (Å²) in [5.41, 5.74) is 14.1. The molecule has 246 valence electrons. The second-order valence-electron chi connectivity index (χ2n) is 12.6. The Bertz CT molecular complexity index is 2610. The predicted molar refractivity (Wildman–Crippen MR) is 207 cm³/mol. The van der Waals surface area contributed by atoms with Crippen LogP contribution in [0.2, 0.25) is 0 Å². The quantitative estimate of drug-likeness (QED) is 0.168. The van der Waals surface area contributed by atoms with Crippen LogP contribution in [0.4, 0.5) is 0 Å². The summed E-state index contributed by atoms with van der Waals surface area (Å²) in [6.07, 6.45) is 3.65. The minimum atomic E-state index is 0.722. The van der Waals surface area contributed by atoms with Crippen LogP contribution in [0.5, 0.6) is 0 Å². The molecule has 0 aliphatic heterocycles. The fraction of sp³-hybridized carbons (Fsp3) is 0.0222. The molecular weight excluding hydrogens is 639 g/mol. The van der Waals surface area contributed by atoms with Crippen LogP contribution < -0.4 is 0 Å². The second kappa shape index (κ2) is 13.3. The molecule has 0 unspecified atom stereocenters. The summed E-state index contributed by atoms with van der Waals surface area (Å²) < 4.78 is 0. The van der Waals surface area contributed by atoms with Crippen LogP contribution in [0.3, 0.4) is 0 Å². The van der Waals surface area contributed by atoms with Gasteiger partial charge in [0.15, 0.2) is 0 Å². The van der Waals surface area contributed by atoms with E-state index in [1.165, 1.54) is 0 Å². The molecule has 0 radical (unpaired) electrons. The summed E-state index contributed by atoms with van der Waals surface area (Å²) in [4.78, 5) is 21.2. The van der Waals surface area contributed by atoms with E-state index in [9.17, 15) is 0 Å². The maximum atomic E-state index is 5.26. The number of hydrogen-bond donors (Lipinski definition) is 0. The van der Waals surface area contributed by atoms with Crippen molar-refractivity contribution in [3.8, 4) is 73.2 Å². The van der Waals surface area contributed by atoms with Gasteiger partial charge in [0, 0.05) is 34.6 Å². The maximum absolute atomic E-state index is 5.26. The summed E-state index contributed by atoms with van der Waals surface area (Å²) in [6.45, 7) is 2.03. The summed E-state index contributed by atoms with van der Waals surface area (Å²) in [5, 5.41) is 10.5. The summed E-state index contributed by atoms with van der Waals surface area (Å²) in [6, 6.07) is 53.2. The Morgan fingerprint density at radius 2 is 1.02 bits per heavy atom. The van der Waals surface area contributed by atoms with Gasteiger partial charge in [0.05, 0.1) is 34.2 Å². The van der Waals surface area contributed by atoms with Gasteiger partial charge in [0.2, 0.25) is 0 Å². The largest absolute Gasteiger partial charge is 0.255 e. The lowest BCUT2D eigenvalue weighted by Crippen LogP contribution is -2.04. The molecule has 0 saturated carbocycles. The molecule has 0 N–H and O–H groups in total.